The van der Waals surface area contributed by atoms with Crippen molar-refractivity contribution in [1.29, 1.82) is 0 Å². The summed E-state index contributed by atoms with van der Waals surface area (Å²) in [7, 11) is 0. The Kier molecular flexibility index (Phi) is 10.9. The zero-order valence-electron chi connectivity index (χ0n) is 11.6. The van der Waals surface area contributed by atoms with Crippen molar-refractivity contribution in [1.82, 2.24) is 5.32 Å². The fourth-order valence-electron chi connectivity index (χ4n) is 1.80. The summed E-state index contributed by atoms with van der Waals surface area (Å²) >= 11 is 0. The first-order chi connectivity index (χ1) is 8.07. The molecule has 4 nitrogen and oxygen atoms in total. The van der Waals surface area contributed by atoms with Gasteiger partial charge in [-0.05, 0) is 51.6 Å². The highest BCUT2D eigenvalue weighted by atomic mass is 15.0. The molecule has 3 unspecified atom stereocenters. The minimum Gasteiger partial charge on any atom is -0.330 e. The standard InChI is InChI=1S/C13H32N4/c1-11(7-8-12(2)15)13(16)17-10-6-4-3-5-9-14/h11-13,17H,3-10,14-16H2,1-2H3. The van der Waals surface area contributed by atoms with Gasteiger partial charge in [0.15, 0.2) is 0 Å². The lowest BCUT2D eigenvalue weighted by molar-refractivity contribution is 0.347. The van der Waals surface area contributed by atoms with Gasteiger partial charge in [0.2, 0.25) is 0 Å². The molecular weight excluding hydrogens is 212 g/mol. The van der Waals surface area contributed by atoms with Gasteiger partial charge in [-0.25, -0.2) is 0 Å². The van der Waals surface area contributed by atoms with Crippen LogP contribution in [0, 0.1) is 5.92 Å². The zero-order chi connectivity index (χ0) is 13.1. The summed E-state index contributed by atoms with van der Waals surface area (Å²) in [6.07, 6.45) is 7.04. The van der Waals surface area contributed by atoms with Crippen LogP contribution in [0.5, 0.6) is 0 Å². The van der Waals surface area contributed by atoms with Gasteiger partial charge in [0.25, 0.3) is 0 Å². The van der Waals surface area contributed by atoms with Gasteiger partial charge in [-0.15, -0.1) is 0 Å². The van der Waals surface area contributed by atoms with Crippen LogP contribution in [0.4, 0.5) is 0 Å². The highest BCUT2D eigenvalue weighted by Gasteiger charge is 2.12. The van der Waals surface area contributed by atoms with Crippen LogP contribution < -0.4 is 22.5 Å². The van der Waals surface area contributed by atoms with Gasteiger partial charge < -0.3 is 22.5 Å². The second-order valence-corrected chi connectivity index (χ2v) is 5.21. The predicted molar refractivity (Wildman–Crippen MR) is 75.5 cm³/mol. The molecule has 0 aliphatic carbocycles. The van der Waals surface area contributed by atoms with Crippen LogP contribution in [0.2, 0.25) is 0 Å². The minimum absolute atomic E-state index is 0.100. The molecule has 0 saturated heterocycles. The Hall–Kier alpha value is -0.160. The highest BCUT2D eigenvalue weighted by molar-refractivity contribution is 4.69. The first-order valence-corrected chi connectivity index (χ1v) is 7.02. The molecule has 104 valence electrons. The Morgan fingerprint density at radius 2 is 1.59 bits per heavy atom. The van der Waals surface area contributed by atoms with E-state index in [1.54, 1.807) is 0 Å². The van der Waals surface area contributed by atoms with Crippen LogP contribution in [-0.2, 0) is 0 Å². The Morgan fingerprint density at radius 3 is 2.18 bits per heavy atom. The molecule has 0 heterocycles. The average molecular weight is 244 g/mol. The van der Waals surface area contributed by atoms with Crippen LogP contribution in [0.15, 0.2) is 0 Å². The normalized spacial score (nSPS) is 16.8. The number of nitrogens with one attached hydrogen (secondary N) is 1. The van der Waals surface area contributed by atoms with Crippen molar-refractivity contribution >= 4 is 0 Å². The predicted octanol–water partition coefficient (Wildman–Crippen LogP) is 1.14. The fourth-order valence-corrected chi connectivity index (χ4v) is 1.80. The lowest BCUT2D eigenvalue weighted by Gasteiger charge is -2.22. The average Bonchev–Trinajstić information content (AvgIpc) is 2.30. The highest BCUT2D eigenvalue weighted by Crippen LogP contribution is 2.09. The quantitative estimate of drug-likeness (QED) is 0.324. The van der Waals surface area contributed by atoms with Gasteiger partial charge in [0.1, 0.15) is 0 Å². The van der Waals surface area contributed by atoms with E-state index in [1.807, 2.05) is 6.92 Å². The molecule has 0 fully saturated rings. The first-order valence-electron chi connectivity index (χ1n) is 7.02. The molecule has 0 aromatic heterocycles. The van der Waals surface area contributed by atoms with Gasteiger partial charge in [0.05, 0.1) is 6.17 Å². The Balaban J connectivity index is 3.40. The zero-order valence-corrected chi connectivity index (χ0v) is 11.6. The number of rotatable bonds is 11. The van der Waals surface area contributed by atoms with Crippen molar-refractivity contribution in [2.24, 2.45) is 23.1 Å². The van der Waals surface area contributed by atoms with Crippen molar-refractivity contribution in [3.8, 4) is 0 Å². The third-order valence-corrected chi connectivity index (χ3v) is 3.20. The summed E-state index contributed by atoms with van der Waals surface area (Å²) in [5, 5.41) is 3.39. The van der Waals surface area contributed by atoms with Gasteiger partial charge in [-0.1, -0.05) is 19.8 Å². The second kappa shape index (κ2) is 11.0. The summed E-state index contributed by atoms with van der Waals surface area (Å²) in [6.45, 7) is 6.05. The Labute approximate surface area is 107 Å². The van der Waals surface area contributed by atoms with E-state index in [1.165, 1.54) is 19.3 Å². The van der Waals surface area contributed by atoms with E-state index in [4.69, 9.17) is 17.2 Å². The maximum absolute atomic E-state index is 6.07. The molecule has 0 radical (unpaired) electrons. The summed E-state index contributed by atoms with van der Waals surface area (Å²) in [5.74, 6) is 0.491. The minimum atomic E-state index is 0.100. The topological polar surface area (TPSA) is 90.1 Å². The summed E-state index contributed by atoms with van der Waals surface area (Å²) < 4.78 is 0. The molecule has 4 heteroatoms. The molecule has 0 saturated carbocycles. The SMILES string of the molecule is CC(N)CCC(C)C(N)NCCCCCCN. The van der Waals surface area contributed by atoms with Gasteiger partial charge in [-0.3, -0.25) is 0 Å². The van der Waals surface area contributed by atoms with E-state index in [-0.39, 0.29) is 12.2 Å². The van der Waals surface area contributed by atoms with Crippen LogP contribution in [0.3, 0.4) is 0 Å². The summed E-state index contributed by atoms with van der Waals surface area (Å²) in [6, 6.07) is 0.279. The lowest BCUT2D eigenvalue weighted by Crippen LogP contribution is -2.43. The maximum atomic E-state index is 6.07. The van der Waals surface area contributed by atoms with Gasteiger partial charge in [0, 0.05) is 6.04 Å². The number of hydrogen-bond acceptors (Lipinski definition) is 4. The van der Waals surface area contributed by atoms with E-state index < -0.39 is 0 Å². The van der Waals surface area contributed by atoms with E-state index in [9.17, 15) is 0 Å². The smallest absolute Gasteiger partial charge is 0.0572 e. The van der Waals surface area contributed by atoms with Crippen molar-refractivity contribution in [3.05, 3.63) is 0 Å². The monoisotopic (exact) mass is 244 g/mol. The van der Waals surface area contributed by atoms with Crippen LogP contribution >= 0.6 is 0 Å². The summed E-state index contributed by atoms with van der Waals surface area (Å²) in [5.41, 5.74) is 17.3. The maximum Gasteiger partial charge on any atom is 0.0572 e. The van der Waals surface area contributed by atoms with Crippen LogP contribution in [0.1, 0.15) is 52.4 Å². The summed E-state index contributed by atoms with van der Waals surface area (Å²) in [4.78, 5) is 0. The van der Waals surface area contributed by atoms with E-state index in [0.29, 0.717) is 5.92 Å². The third-order valence-electron chi connectivity index (χ3n) is 3.20. The molecule has 0 aliphatic heterocycles. The molecule has 7 N–H and O–H groups in total. The molecule has 3 atom stereocenters. The molecular formula is C13H32N4. The van der Waals surface area contributed by atoms with Crippen molar-refractivity contribution in [3.63, 3.8) is 0 Å². The van der Waals surface area contributed by atoms with E-state index >= 15 is 0 Å². The van der Waals surface area contributed by atoms with Crippen molar-refractivity contribution < 1.29 is 0 Å². The molecule has 0 amide bonds. The molecule has 0 bridgehead atoms. The fraction of sp³-hybridized carbons (Fsp3) is 1.00. The molecule has 0 aromatic rings. The largest absolute Gasteiger partial charge is 0.330 e. The third kappa shape index (κ3) is 10.7. The van der Waals surface area contributed by atoms with E-state index in [0.717, 1.165) is 32.4 Å². The molecule has 0 rings (SSSR count). The molecule has 0 aromatic carbocycles. The Morgan fingerprint density at radius 1 is 0.941 bits per heavy atom. The first kappa shape index (κ1) is 16.8. The molecule has 0 aliphatic rings. The Bertz CT molecular complexity index is 161. The number of hydrogen-bond donors (Lipinski definition) is 4. The molecule has 0 spiro atoms. The molecule has 17 heavy (non-hydrogen) atoms. The second-order valence-electron chi connectivity index (χ2n) is 5.21. The van der Waals surface area contributed by atoms with E-state index in [2.05, 4.69) is 12.2 Å². The van der Waals surface area contributed by atoms with Crippen molar-refractivity contribution in [2.45, 2.75) is 64.6 Å². The van der Waals surface area contributed by atoms with Gasteiger partial charge in [-0.2, -0.15) is 0 Å². The number of nitrogens with two attached hydrogens (primary N) is 3. The van der Waals surface area contributed by atoms with Crippen LogP contribution in [-0.4, -0.2) is 25.3 Å². The van der Waals surface area contributed by atoms with Crippen molar-refractivity contribution in [2.75, 3.05) is 13.1 Å². The van der Waals surface area contributed by atoms with Crippen LogP contribution in [0.25, 0.3) is 0 Å². The number of unbranched alkanes of at least 4 members (excludes halogenated alkanes) is 3. The lowest BCUT2D eigenvalue weighted by atomic mass is 10.00. The van der Waals surface area contributed by atoms with Gasteiger partial charge >= 0.3 is 0 Å².